The summed E-state index contributed by atoms with van der Waals surface area (Å²) < 4.78 is 9.12. The number of imidazole rings is 1. The minimum Gasteiger partial charge on any atom is -0.430 e. The summed E-state index contributed by atoms with van der Waals surface area (Å²) in [6.07, 6.45) is 3.89. The van der Waals surface area contributed by atoms with E-state index in [1.54, 1.807) is 11.3 Å². The van der Waals surface area contributed by atoms with E-state index in [0.717, 1.165) is 32.9 Å². The van der Waals surface area contributed by atoms with Crippen LogP contribution in [0, 0.1) is 20.8 Å². The van der Waals surface area contributed by atoms with Crippen molar-refractivity contribution in [3.05, 3.63) is 65.8 Å². The minimum absolute atomic E-state index is 0.705. The topological polar surface area (TPSA) is 43.9 Å². The summed E-state index contributed by atoms with van der Waals surface area (Å²) in [7, 11) is 0. The molecule has 0 aliphatic carbocycles. The van der Waals surface area contributed by atoms with Gasteiger partial charge in [-0.1, -0.05) is 41.7 Å². The molecule has 0 aliphatic rings. The van der Waals surface area contributed by atoms with Crippen LogP contribution in [-0.4, -0.2) is 14.5 Å². The van der Waals surface area contributed by atoms with E-state index >= 15 is 0 Å². The minimum atomic E-state index is 0.705. The summed E-state index contributed by atoms with van der Waals surface area (Å²) in [5, 5.41) is 1.13. The standard InChI is InChI=1S/C21H17N3OS/c1-12-6-4-5-7-16(12)24-11-10-22-20(24)17-13(2)8-9-15-18-21(26-19(15)17)25-14(3)23-18/h4-11H,1-3H3. The molecule has 0 amide bonds. The summed E-state index contributed by atoms with van der Waals surface area (Å²) >= 11 is 1.65. The molecule has 0 saturated carbocycles. The summed E-state index contributed by atoms with van der Waals surface area (Å²) in [6.45, 7) is 6.14. The zero-order chi connectivity index (χ0) is 17.8. The number of para-hydroxylation sites is 1. The van der Waals surface area contributed by atoms with Crippen molar-refractivity contribution in [2.24, 2.45) is 0 Å². The maximum atomic E-state index is 5.78. The van der Waals surface area contributed by atoms with Crippen LogP contribution in [0.5, 0.6) is 0 Å². The molecule has 5 rings (SSSR count). The van der Waals surface area contributed by atoms with Crippen LogP contribution in [0.3, 0.4) is 0 Å². The van der Waals surface area contributed by atoms with Gasteiger partial charge in [-0.25, -0.2) is 9.97 Å². The molecular formula is C21H17N3OS. The molecular weight excluding hydrogens is 342 g/mol. The Morgan fingerprint density at radius 1 is 1.00 bits per heavy atom. The lowest BCUT2D eigenvalue weighted by molar-refractivity contribution is 0.567. The van der Waals surface area contributed by atoms with Crippen LogP contribution in [0.25, 0.3) is 37.6 Å². The Kier molecular flexibility index (Phi) is 3.27. The van der Waals surface area contributed by atoms with Crippen LogP contribution < -0.4 is 0 Å². The monoisotopic (exact) mass is 359 g/mol. The Bertz CT molecular complexity index is 1280. The van der Waals surface area contributed by atoms with E-state index in [2.05, 4.69) is 59.8 Å². The lowest BCUT2D eigenvalue weighted by Crippen LogP contribution is -1.99. The second-order valence-corrected chi connectivity index (χ2v) is 7.50. The average Bonchev–Trinajstić information content (AvgIpc) is 3.29. The van der Waals surface area contributed by atoms with Crippen LogP contribution in [0.1, 0.15) is 17.0 Å². The third-order valence-corrected chi connectivity index (χ3v) is 5.85. The Morgan fingerprint density at radius 3 is 2.69 bits per heavy atom. The molecule has 0 N–H and O–H groups in total. The van der Waals surface area contributed by atoms with Crippen LogP contribution >= 0.6 is 11.3 Å². The molecule has 0 bridgehead atoms. The Labute approximate surface area is 154 Å². The molecule has 128 valence electrons. The van der Waals surface area contributed by atoms with E-state index in [9.17, 15) is 0 Å². The molecule has 3 heterocycles. The van der Waals surface area contributed by atoms with E-state index in [1.165, 1.54) is 15.8 Å². The first kappa shape index (κ1) is 15.3. The highest BCUT2D eigenvalue weighted by Crippen LogP contribution is 2.41. The molecule has 26 heavy (non-hydrogen) atoms. The molecule has 0 fully saturated rings. The number of thiophene rings is 1. The van der Waals surface area contributed by atoms with Crippen molar-refractivity contribution in [1.82, 2.24) is 14.5 Å². The first-order valence-corrected chi connectivity index (χ1v) is 9.34. The Balaban J connectivity index is 1.83. The van der Waals surface area contributed by atoms with Crippen molar-refractivity contribution < 1.29 is 4.42 Å². The number of aromatic nitrogens is 3. The second kappa shape index (κ2) is 5.54. The molecule has 3 aromatic heterocycles. The molecule has 0 saturated heterocycles. The normalized spacial score (nSPS) is 11.7. The number of nitrogens with zero attached hydrogens (tertiary/aromatic N) is 3. The number of rotatable bonds is 2. The lowest BCUT2D eigenvalue weighted by Gasteiger charge is -2.13. The van der Waals surface area contributed by atoms with E-state index in [1.807, 2.05) is 19.3 Å². The number of benzene rings is 2. The van der Waals surface area contributed by atoms with Gasteiger partial charge in [0.05, 0.1) is 4.70 Å². The lowest BCUT2D eigenvalue weighted by atomic mass is 10.0. The van der Waals surface area contributed by atoms with Gasteiger partial charge in [-0.05, 0) is 31.0 Å². The molecule has 0 aliphatic heterocycles. The van der Waals surface area contributed by atoms with Gasteiger partial charge in [-0.15, -0.1) is 0 Å². The van der Waals surface area contributed by atoms with Gasteiger partial charge in [0.1, 0.15) is 11.3 Å². The fourth-order valence-corrected chi connectivity index (χ4v) is 4.74. The molecule has 0 radical (unpaired) electrons. The maximum absolute atomic E-state index is 5.78. The van der Waals surface area contributed by atoms with E-state index in [-0.39, 0.29) is 0 Å². The van der Waals surface area contributed by atoms with Crippen LogP contribution in [-0.2, 0) is 0 Å². The fraction of sp³-hybridized carbons (Fsp3) is 0.143. The Morgan fingerprint density at radius 2 is 1.85 bits per heavy atom. The highest BCUT2D eigenvalue weighted by atomic mass is 32.1. The summed E-state index contributed by atoms with van der Waals surface area (Å²) in [5.74, 6) is 1.65. The van der Waals surface area contributed by atoms with Crippen LogP contribution in [0.2, 0.25) is 0 Å². The molecule has 0 atom stereocenters. The third kappa shape index (κ3) is 2.14. The molecule has 5 heteroatoms. The molecule has 5 aromatic rings. The fourth-order valence-electron chi connectivity index (χ4n) is 3.51. The van der Waals surface area contributed by atoms with Gasteiger partial charge in [0.15, 0.2) is 5.89 Å². The molecule has 4 nitrogen and oxygen atoms in total. The van der Waals surface area contributed by atoms with Crippen molar-refractivity contribution in [2.75, 3.05) is 0 Å². The van der Waals surface area contributed by atoms with Gasteiger partial charge < -0.3 is 4.42 Å². The average molecular weight is 359 g/mol. The summed E-state index contributed by atoms with van der Waals surface area (Å²) in [4.78, 5) is 10.1. The number of fused-ring (bicyclic) bond motifs is 3. The number of oxazole rings is 1. The van der Waals surface area contributed by atoms with Crippen molar-refractivity contribution in [3.63, 3.8) is 0 Å². The van der Waals surface area contributed by atoms with Gasteiger partial charge in [-0.2, -0.15) is 0 Å². The molecule has 0 spiro atoms. The number of hydrogen-bond acceptors (Lipinski definition) is 4. The van der Waals surface area contributed by atoms with Gasteiger partial charge in [0, 0.05) is 36.0 Å². The molecule has 0 unspecified atom stereocenters. The maximum Gasteiger partial charge on any atom is 0.209 e. The van der Waals surface area contributed by atoms with Gasteiger partial charge in [-0.3, -0.25) is 4.57 Å². The number of aryl methyl sites for hydroxylation is 3. The highest BCUT2D eigenvalue weighted by molar-refractivity contribution is 7.25. The Hall–Kier alpha value is -2.92. The van der Waals surface area contributed by atoms with Crippen LogP contribution in [0.4, 0.5) is 0 Å². The predicted octanol–water partition coefficient (Wildman–Crippen LogP) is 5.82. The van der Waals surface area contributed by atoms with Crippen molar-refractivity contribution in [1.29, 1.82) is 0 Å². The number of hydrogen-bond donors (Lipinski definition) is 0. The predicted molar refractivity (Wildman–Crippen MR) is 106 cm³/mol. The molecule has 2 aromatic carbocycles. The van der Waals surface area contributed by atoms with Crippen molar-refractivity contribution in [2.45, 2.75) is 20.8 Å². The quantitative estimate of drug-likeness (QED) is 0.399. The van der Waals surface area contributed by atoms with Gasteiger partial charge >= 0.3 is 0 Å². The zero-order valence-corrected chi connectivity index (χ0v) is 15.6. The first-order valence-electron chi connectivity index (χ1n) is 8.52. The third-order valence-electron chi connectivity index (χ3n) is 4.76. The SMILES string of the molecule is Cc1nc2c(o1)sc1c(-c3nccn3-c3ccccc3C)c(C)ccc12. The van der Waals surface area contributed by atoms with E-state index in [4.69, 9.17) is 9.40 Å². The smallest absolute Gasteiger partial charge is 0.209 e. The largest absolute Gasteiger partial charge is 0.430 e. The second-order valence-electron chi connectivity index (χ2n) is 6.51. The van der Waals surface area contributed by atoms with E-state index in [0.29, 0.717) is 5.89 Å². The van der Waals surface area contributed by atoms with Crippen molar-refractivity contribution >= 4 is 31.8 Å². The van der Waals surface area contributed by atoms with Gasteiger partial charge in [0.25, 0.3) is 0 Å². The zero-order valence-electron chi connectivity index (χ0n) is 14.8. The summed E-state index contributed by atoms with van der Waals surface area (Å²) in [5.41, 5.74) is 5.64. The van der Waals surface area contributed by atoms with Crippen LogP contribution in [0.15, 0.2) is 53.2 Å². The van der Waals surface area contributed by atoms with Gasteiger partial charge in [0.2, 0.25) is 4.90 Å². The van der Waals surface area contributed by atoms with E-state index < -0.39 is 0 Å². The highest BCUT2D eigenvalue weighted by Gasteiger charge is 2.20. The summed E-state index contributed by atoms with van der Waals surface area (Å²) in [6, 6.07) is 12.6. The first-order chi connectivity index (χ1) is 12.6. The van der Waals surface area contributed by atoms with Crippen molar-refractivity contribution in [3.8, 4) is 17.1 Å².